The van der Waals surface area contributed by atoms with Crippen LogP contribution in [0.25, 0.3) is 0 Å². The zero-order valence-corrected chi connectivity index (χ0v) is 18.0. The van der Waals surface area contributed by atoms with Gasteiger partial charge in [-0.25, -0.2) is 0 Å². The summed E-state index contributed by atoms with van der Waals surface area (Å²) in [5.74, 6) is 3.47. The van der Waals surface area contributed by atoms with Crippen LogP contribution in [0.4, 0.5) is 0 Å². The van der Waals surface area contributed by atoms with E-state index in [4.69, 9.17) is 14.5 Å². The van der Waals surface area contributed by atoms with Crippen LogP contribution in [0.2, 0.25) is 0 Å². The molecule has 0 atom stereocenters. The summed E-state index contributed by atoms with van der Waals surface area (Å²) < 4.78 is 10.9. The molecule has 6 nitrogen and oxygen atoms in total. The Morgan fingerprint density at radius 1 is 1.11 bits per heavy atom. The molecule has 1 aromatic carbocycles. The van der Waals surface area contributed by atoms with Gasteiger partial charge in [-0.05, 0) is 81.9 Å². The third-order valence-electron chi connectivity index (χ3n) is 5.99. The molecule has 0 bridgehead atoms. The van der Waals surface area contributed by atoms with Crippen LogP contribution in [0.1, 0.15) is 37.3 Å². The van der Waals surface area contributed by atoms with Crippen molar-refractivity contribution in [2.75, 3.05) is 54.0 Å². The molecular weight excluding hydrogens is 352 g/mol. The number of nitrogens with zero attached hydrogens (tertiary/aromatic N) is 3. The van der Waals surface area contributed by atoms with Crippen molar-refractivity contribution in [2.24, 2.45) is 10.9 Å². The van der Waals surface area contributed by atoms with Crippen molar-refractivity contribution in [3.05, 3.63) is 23.3 Å². The highest BCUT2D eigenvalue weighted by atomic mass is 16.5. The third kappa shape index (κ3) is 5.10. The van der Waals surface area contributed by atoms with Crippen LogP contribution in [-0.4, -0.2) is 69.8 Å². The summed E-state index contributed by atoms with van der Waals surface area (Å²) in [7, 11) is 5.61. The largest absolute Gasteiger partial charge is 0.493 e. The van der Waals surface area contributed by atoms with Crippen LogP contribution in [0.3, 0.4) is 0 Å². The first-order valence-electron chi connectivity index (χ1n) is 10.6. The van der Waals surface area contributed by atoms with Crippen molar-refractivity contribution in [1.82, 2.24) is 15.1 Å². The highest BCUT2D eigenvalue weighted by molar-refractivity contribution is 5.80. The van der Waals surface area contributed by atoms with Gasteiger partial charge >= 0.3 is 0 Å². The van der Waals surface area contributed by atoms with Gasteiger partial charge in [-0.1, -0.05) is 0 Å². The van der Waals surface area contributed by atoms with Gasteiger partial charge in [0.05, 0.1) is 14.2 Å². The molecule has 2 aliphatic heterocycles. The van der Waals surface area contributed by atoms with E-state index < -0.39 is 0 Å². The van der Waals surface area contributed by atoms with E-state index >= 15 is 0 Å². The Morgan fingerprint density at radius 3 is 2.43 bits per heavy atom. The second-order valence-corrected chi connectivity index (χ2v) is 7.92. The fourth-order valence-corrected chi connectivity index (χ4v) is 4.19. The molecular formula is C22H36N4O2. The summed E-state index contributed by atoms with van der Waals surface area (Å²) in [6, 6.07) is 4.23. The second kappa shape index (κ2) is 10.0. The highest BCUT2D eigenvalue weighted by Gasteiger charge is 2.22. The molecule has 2 heterocycles. The topological polar surface area (TPSA) is 49.3 Å². The van der Waals surface area contributed by atoms with Gasteiger partial charge in [-0.2, -0.15) is 0 Å². The Balaban J connectivity index is 1.64. The SMILES string of the molecule is CCNC(=NCCC1CCN(C)CC1)N1CCc2cc(OC)c(OC)cc2C1. The Morgan fingerprint density at radius 2 is 1.79 bits per heavy atom. The van der Waals surface area contributed by atoms with E-state index in [1.54, 1.807) is 14.2 Å². The van der Waals surface area contributed by atoms with Crippen LogP contribution in [0, 0.1) is 5.92 Å². The van der Waals surface area contributed by atoms with Crippen LogP contribution in [0.5, 0.6) is 11.5 Å². The van der Waals surface area contributed by atoms with E-state index in [1.807, 2.05) is 0 Å². The molecule has 0 unspecified atom stereocenters. The maximum atomic E-state index is 5.49. The first-order chi connectivity index (χ1) is 13.6. The number of methoxy groups -OCH3 is 2. The maximum Gasteiger partial charge on any atom is 0.194 e. The summed E-state index contributed by atoms with van der Waals surface area (Å²) >= 11 is 0. The quantitative estimate of drug-likeness (QED) is 0.600. The second-order valence-electron chi connectivity index (χ2n) is 7.92. The van der Waals surface area contributed by atoms with E-state index in [0.29, 0.717) is 0 Å². The molecule has 156 valence electrons. The average Bonchev–Trinajstić information content (AvgIpc) is 2.73. The van der Waals surface area contributed by atoms with Crippen LogP contribution >= 0.6 is 0 Å². The van der Waals surface area contributed by atoms with Gasteiger partial charge < -0.3 is 24.6 Å². The maximum absolute atomic E-state index is 5.49. The molecule has 6 heteroatoms. The van der Waals surface area contributed by atoms with E-state index in [9.17, 15) is 0 Å². The van der Waals surface area contributed by atoms with E-state index in [2.05, 4.69) is 41.2 Å². The first kappa shape index (κ1) is 20.8. The summed E-state index contributed by atoms with van der Waals surface area (Å²) in [4.78, 5) is 9.76. The molecule has 1 aromatic rings. The van der Waals surface area contributed by atoms with Gasteiger partial charge in [0, 0.05) is 26.2 Å². The van der Waals surface area contributed by atoms with Crippen molar-refractivity contribution in [3.8, 4) is 11.5 Å². The van der Waals surface area contributed by atoms with Crippen LogP contribution in [0.15, 0.2) is 17.1 Å². The summed E-state index contributed by atoms with van der Waals surface area (Å²) in [5, 5.41) is 3.49. The standard InChI is InChI=1S/C22H36N4O2/c1-5-23-22(24-10-6-17-7-11-25(2)12-8-17)26-13-9-18-14-20(27-3)21(28-4)15-19(18)16-26/h14-15,17H,5-13,16H2,1-4H3,(H,23,24). The lowest BCUT2D eigenvalue weighted by atomic mass is 9.94. The fraction of sp³-hybridized carbons (Fsp3) is 0.682. The number of likely N-dealkylation sites (tertiary alicyclic amines) is 1. The number of ether oxygens (including phenoxy) is 2. The Kier molecular flexibility index (Phi) is 7.43. The number of piperidine rings is 1. The number of benzene rings is 1. The van der Waals surface area contributed by atoms with Crippen molar-refractivity contribution in [1.29, 1.82) is 0 Å². The van der Waals surface area contributed by atoms with Gasteiger partial charge in [-0.15, -0.1) is 0 Å². The molecule has 1 saturated heterocycles. The van der Waals surface area contributed by atoms with Crippen molar-refractivity contribution in [2.45, 2.75) is 39.2 Å². The van der Waals surface area contributed by atoms with Crippen molar-refractivity contribution >= 4 is 5.96 Å². The molecule has 28 heavy (non-hydrogen) atoms. The first-order valence-corrected chi connectivity index (χ1v) is 10.6. The lowest BCUT2D eigenvalue weighted by Gasteiger charge is -2.32. The van der Waals surface area contributed by atoms with Crippen molar-refractivity contribution < 1.29 is 9.47 Å². The predicted molar refractivity (Wildman–Crippen MR) is 114 cm³/mol. The van der Waals surface area contributed by atoms with Crippen LogP contribution < -0.4 is 14.8 Å². The smallest absolute Gasteiger partial charge is 0.194 e. The molecule has 0 amide bonds. The highest BCUT2D eigenvalue weighted by Crippen LogP contribution is 2.33. The Labute approximate surface area is 169 Å². The molecule has 0 saturated carbocycles. The Hall–Kier alpha value is -1.95. The molecule has 1 N–H and O–H groups in total. The molecule has 0 aliphatic carbocycles. The lowest BCUT2D eigenvalue weighted by molar-refractivity contribution is 0.214. The van der Waals surface area contributed by atoms with Gasteiger partial charge in [0.2, 0.25) is 0 Å². The Bertz CT molecular complexity index is 669. The zero-order valence-electron chi connectivity index (χ0n) is 18.0. The molecule has 1 fully saturated rings. The summed E-state index contributed by atoms with van der Waals surface area (Å²) in [6.45, 7) is 8.22. The monoisotopic (exact) mass is 388 g/mol. The predicted octanol–water partition coefficient (Wildman–Crippen LogP) is 2.76. The van der Waals surface area contributed by atoms with E-state index in [1.165, 1.54) is 43.5 Å². The zero-order chi connectivity index (χ0) is 19.9. The van der Waals surface area contributed by atoms with E-state index in [-0.39, 0.29) is 0 Å². The van der Waals surface area contributed by atoms with Gasteiger partial charge in [-0.3, -0.25) is 4.99 Å². The molecule has 0 radical (unpaired) electrons. The minimum Gasteiger partial charge on any atom is -0.493 e. The number of hydrogen-bond acceptors (Lipinski definition) is 4. The summed E-state index contributed by atoms with van der Waals surface area (Å²) in [5.41, 5.74) is 2.64. The molecule has 3 rings (SSSR count). The van der Waals surface area contributed by atoms with Crippen molar-refractivity contribution in [3.63, 3.8) is 0 Å². The molecule has 0 aromatic heterocycles. The number of hydrogen-bond donors (Lipinski definition) is 1. The lowest BCUT2D eigenvalue weighted by Crippen LogP contribution is -2.44. The van der Waals surface area contributed by atoms with Gasteiger partial charge in [0.15, 0.2) is 17.5 Å². The van der Waals surface area contributed by atoms with Crippen LogP contribution in [-0.2, 0) is 13.0 Å². The average molecular weight is 389 g/mol. The number of guanidine groups is 1. The van der Waals surface area contributed by atoms with Gasteiger partial charge in [0.25, 0.3) is 0 Å². The molecule has 2 aliphatic rings. The minimum atomic E-state index is 0.798. The number of rotatable bonds is 6. The molecule has 0 spiro atoms. The van der Waals surface area contributed by atoms with E-state index in [0.717, 1.165) is 56.0 Å². The normalized spacial score (nSPS) is 18.7. The third-order valence-corrected chi connectivity index (χ3v) is 5.99. The summed E-state index contributed by atoms with van der Waals surface area (Å²) in [6.07, 6.45) is 4.80. The van der Waals surface area contributed by atoms with Gasteiger partial charge in [0.1, 0.15) is 0 Å². The fourth-order valence-electron chi connectivity index (χ4n) is 4.19. The number of aliphatic imine (C=N–C) groups is 1. The minimum absolute atomic E-state index is 0.798. The number of nitrogens with one attached hydrogen (secondary N) is 1. The number of fused-ring (bicyclic) bond motifs is 1.